The van der Waals surface area contributed by atoms with Crippen LogP contribution < -0.4 is 0 Å². The molecule has 15 heavy (non-hydrogen) atoms. The molecule has 74 valence electrons. The molecule has 0 saturated carbocycles. The summed E-state index contributed by atoms with van der Waals surface area (Å²) in [5.41, 5.74) is 2.94. The summed E-state index contributed by atoms with van der Waals surface area (Å²) in [7, 11) is 1.92. The highest BCUT2D eigenvalue weighted by Crippen LogP contribution is 2.00. The molecular formula is C12H11N3. The van der Waals surface area contributed by atoms with E-state index < -0.39 is 0 Å². The second-order valence-electron chi connectivity index (χ2n) is 3.39. The van der Waals surface area contributed by atoms with E-state index in [0.29, 0.717) is 0 Å². The molecule has 0 aromatic carbocycles. The van der Waals surface area contributed by atoms with Crippen LogP contribution in [0.25, 0.3) is 0 Å². The molecule has 3 heteroatoms. The van der Waals surface area contributed by atoms with Crippen molar-refractivity contribution in [3.8, 4) is 11.8 Å². The van der Waals surface area contributed by atoms with Crippen molar-refractivity contribution < 1.29 is 0 Å². The van der Waals surface area contributed by atoms with E-state index in [-0.39, 0.29) is 0 Å². The lowest BCUT2D eigenvalue weighted by atomic mass is 10.2. The topological polar surface area (TPSA) is 30.7 Å². The van der Waals surface area contributed by atoms with Crippen molar-refractivity contribution in [3.05, 3.63) is 47.8 Å². The predicted molar refractivity (Wildman–Crippen MR) is 58.2 cm³/mol. The van der Waals surface area contributed by atoms with Gasteiger partial charge in [-0.25, -0.2) is 4.98 Å². The molecule has 0 aliphatic heterocycles. The van der Waals surface area contributed by atoms with Crippen LogP contribution in [0.3, 0.4) is 0 Å². The highest BCUT2D eigenvalue weighted by molar-refractivity contribution is 5.39. The fraction of sp³-hybridized carbons (Fsp3) is 0.167. The molecule has 0 amide bonds. The molecule has 0 radical (unpaired) electrons. The van der Waals surface area contributed by atoms with E-state index in [9.17, 15) is 0 Å². The van der Waals surface area contributed by atoms with E-state index in [0.717, 1.165) is 16.8 Å². The minimum Gasteiger partial charge on any atom is -0.327 e. The number of hydrogen-bond donors (Lipinski definition) is 0. The summed E-state index contributed by atoms with van der Waals surface area (Å²) in [6.07, 6.45) is 7.06. The minimum absolute atomic E-state index is 0.900. The molecule has 0 fully saturated rings. The summed E-state index contributed by atoms with van der Waals surface area (Å²) in [5.74, 6) is 6.10. The van der Waals surface area contributed by atoms with E-state index in [1.807, 2.05) is 30.8 Å². The monoisotopic (exact) mass is 197 g/mol. The molecule has 0 atom stereocenters. The summed E-state index contributed by atoms with van der Waals surface area (Å²) < 4.78 is 1.89. The van der Waals surface area contributed by atoms with Gasteiger partial charge >= 0.3 is 0 Å². The Bertz CT molecular complexity index is 529. The lowest BCUT2D eigenvalue weighted by Crippen LogP contribution is -1.88. The van der Waals surface area contributed by atoms with Crippen LogP contribution in [0.1, 0.15) is 16.8 Å². The van der Waals surface area contributed by atoms with Crippen molar-refractivity contribution in [1.82, 2.24) is 14.5 Å². The fourth-order valence-electron chi connectivity index (χ4n) is 1.24. The molecule has 2 rings (SSSR count). The van der Waals surface area contributed by atoms with Gasteiger partial charge in [0, 0.05) is 25.0 Å². The average Bonchev–Trinajstić information content (AvgIpc) is 2.61. The largest absolute Gasteiger partial charge is 0.327 e. The van der Waals surface area contributed by atoms with Crippen molar-refractivity contribution in [2.75, 3.05) is 0 Å². The molecule has 0 N–H and O–H groups in total. The maximum absolute atomic E-state index is 4.08. The lowest BCUT2D eigenvalue weighted by molar-refractivity contribution is 0.899. The summed E-state index contributed by atoms with van der Waals surface area (Å²) >= 11 is 0. The Hall–Kier alpha value is -2.08. The first-order valence-electron chi connectivity index (χ1n) is 4.66. The zero-order valence-electron chi connectivity index (χ0n) is 8.73. The van der Waals surface area contributed by atoms with E-state index in [2.05, 4.69) is 21.8 Å². The Balaban J connectivity index is 2.30. The summed E-state index contributed by atoms with van der Waals surface area (Å²) in [5, 5.41) is 0. The highest BCUT2D eigenvalue weighted by Gasteiger charge is 1.92. The predicted octanol–water partition coefficient (Wildman–Crippen LogP) is 1.52. The second kappa shape index (κ2) is 3.97. The maximum Gasteiger partial charge on any atom is 0.112 e. The van der Waals surface area contributed by atoms with Crippen LogP contribution in [-0.2, 0) is 7.05 Å². The van der Waals surface area contributed by atoms with Gasteiger partial charge in [-0.05, 0) is 24.5 Å². The Kier molecular flexibility index (Phi) is 2.51. The summed E-state index contributed by atoms with van der Waals surface area (Å²) in [6.45, 7) is 2.00. The van der Waals surface area contributed by atoms with Crippen LogP contribution in [0.4, 0.5) is 0 Å². The van der Waals surface area contributed by atoms with Gasteiger partial charge in [0.25, 0.3) is 0 Å². The molecule has 0 aliphatic carbocycles. The van der Waals surface area contributed by atoms with Crippen LogP contribution in [-0.4, -0.2) is 14.5 Å². The third kappa shape index (κ3) is 2.23. The smallest absolute Gasteiger partial charge is 0.112 e. The van der Waals surface area contributed by atoms with Crippen LogP contribution >= 0.6 is 0 Å². The van der Waals surface area contributed by atoms with Crippen molar-refractivity contribution >= 4 is 0 Å². The van der Waals surface area contributed by atoms with Gasteiger partial charge in [0.05, 0.1) is 12.5 Å². The first-order chi connectivity index (χ1) is 7.25. The maximum atomic E-state index is 4.08. The number of aromatic nitrogens is 3. The van der Waals surface area contributed by atoms with Gasteiger partial charge in [0.15, 0.2) is 0 Å². The third-order valence-electron chi connectivity index (χ3n) is 2.03. The van der Waals surface area contributed by atoms with Gasteiger partial charge < -0.3 is 4.57 Å². The SMILES string of the molecule is Cc1cncc(C#Cc2cncn2C)c1. The number of rotatable bonds is 0. The number of aryl methyl sites for hydroxylation is 2. The van der Waals surface area contributed by atoms with Gasteiger partial charge in [-0.15, -0.1) is 0 Å². The fourth-order valence-corrected chi connectivity index (χ4v) is 1.24. The molecular weight excluding hydrogens is 186 g/mol. The number of imidazole rings is 1. The number of hydrogen-bond acceptors (Lipinski definition) is 2. The highest BCUT2D eigenvalue weighted by atomic mass is 15.0. The van der Waals surface area contributed by atoms with Crippen LogP contribution in [0.15, 0.2) is 31.0 Å². The molecule has 0 unspecified atom stereocenters. The normalized spacial score (nSPS) is 9.47. The Morgan fingerprint density at radius 1 is 1.13 bits per heavy atom. The Morgan fingerprint density at radius 3 is 2.67 bits per heavy atom. The third-order valence-corrected chi connectivity index (χ3v) is 2.03. The van der Waals surface area contributed by atoms with E-state index >= 15 is 0 Å². The lowest BCUT2D eigenvalue weighted by Gasteiger charge is -1.92. The zero-order valence-corrected chi connectivity index (χ0v) is 8.73. The van der Waals surface area contributed by atoms with Crippen molar-refractivity contribution in [1.29, 1.82) is 0 Å². The zero-order chi connectivity index (χ0) is 10.7. The molecule has 0 saturated heterocycles. The van der Waals surface area contributed by atoms with E-state index in [1.54, 1.807) is 18.7 Å². The molecule has 0 aliphatic rings. The average molecular weight is 197 g/mol. The molecule has 0 bridgehead atoms. The van der Waals surface area contributed by atoms with Gasteiger partial charge in [-0.2, -0.15) is 0 Å². The standard InChI is InChI=1S/C12H11N3/c1-10-5-11(7-13-6-10)3-4-12-8-14-9-15(12)2/h5-9H,1-2H3. The van der Waals surface area contributed by atoms with Crippen molar-refractivity contribution in [2.24, 2.45) is 7.05 Å². The Morgan fingerprint density at radius 2 is 2.00 bits per heavy atom. The van der Waals surface area contributed by atoms with Crippen molar-refractivity contribution in [2.45, 2.75) is 6.92 Å². The van der Waals surface area contributed by atoms with Crippen LogP contribution in [0.2, 0.25) is 0 Å². The van der Waals surface area contributed by atoms with Gasteiger partial charge in [0.1, 0.15) is 5.69 Å². The van der Waals surface area contributed by atoms with E-state index in [4.69, 9.17) is 0 Å². The quantitative estimate of drug-likeness (QED) is 0.599. The van der Waals surface area contributed by atoms with Gasteiger partial charge in [-0.1, -0.05) is 5.92 Å². The molecule has 2 aromatic heterocycles. The number of nitrogens with zero attached hydrogens (tertiary/aromatic N) is 3. The van der Waals surface area contributed by atoms with E-state index in [1.165, 1.54) is 0 Å². The van der Waals surface area contributed by atoms with Crippen LogP contribution in [0.5, 0.6) is 0 Å². The van der Waals surface area contributed by atoms with Gasteiger partial charge in [-0.3, -0.25) is 4.98 Å². The van der Waals surface area contributed by atoms with Crippen molar-refractivity contribution in [3.63, 3.8) is 0 Å². The molecule has 2 heterocycles. The molecule has 0 spiro atoms. The molecule has 3 nitrogen and oxygen atoms in total. The molecule has 2 aromatic rings. The first kappa shape index (κ1) is 9.47. The second-order valence-corrected chi connectivity index (χ2v) is 3.39. The summed E-state index contributed by atoms with van der Waals surface area (Å²) in [6, 6.07) is 2.01. The Labute approximate surface area is 88.8 Å². The summed E-state index contributed by atoms with van der Waals surface area (Å²) in [4.78, 5) is 8.08. The van der Waals surface area contributed by atoms with Crippen LogP contribution in [0, 0.1) is 18.8 Å². The first-order valence-corrected chi connectivity index (χ1v) is 4.66. The number of pyridine rings is 1. The van der Waals surface area contributed by atoms with Gasteiger partial charge in [0.2, 0.25) is 0 Å². The minimum atomic E-state index is 0.900.